The van der Waals surface area contributed by atoms with E-state index < -0.39 is 0 Å². The number of rotatable bonds is 6. The second kappa shape index (κ2) is 5.97. The molecule has 3 heteroatoms. The van der Waals surface area contributed by atoms with Gasteiger partial charge in [0.15, 0.2) is 0 Å². The largest absolute Gasteiger partial charge is 0.270 e. The Morgan fingerprint density at radius 2 is 1.85 bits per heavy atom. The van der Waals surface area contributed by atoms with Gasteiger partial charge in [0.05, 0.1) is 14.1 Å². The smallest absolute Gasteiger partial charge is 0.264 e. The van der Waals surface area contributed by atoms with Crippen molar-refractivity contribution in [2.75, 3.05) is 20.6 Å². The molecule has 0 spiro atoms. The Labute approximate surface area is 81.7 Å². The quantitative estimate of drug-likeness (QED) is 0.497. The Morgan fingerprint density at radius 1 is 1.23 bits per heavy atom. The molecule has 0 aromatic heterocycles. The van der Waals surface area contributed by atoms with Crippen molar-refractivity contribution in [1.29, 1.82) is 0 Å². The molecule has 0 atom stereocenters. The Balaban J connectivity index is 3.75. The zero-order valence-corrected chi connectivity index (χ0v) is 9.39. The third-order valence-electron chi connectivity index (χ3n) is 1.97. The van der Waals surface area contributed by atoms with Gasteiger partial charge in [-0.15, -0.1) is 0 Å². The predicted molar refractivity (Wildman–Crippen MR) is 54.9 cm³/mol. The molecular formula is C10H23N2O+. The molecule has 0 radical (unpaired) electrons. The average molecular weight is 187 g/mol. The highest BCUT2D eigenvalue weighted by atomic mass is 16.2. The SMILES string of the molecule is CCCCC(=O)N[N+](C)(C)CCC. The van der Waals surface area contributed by atoms with Crippen LogP contribution in [0.1, 0.15) is 39.5 Å². The summed E-state index contributed by atoms with van der Waals surface area (Å²) in [4.78, 5) is 11.4. The highest BCUT2D eigenvalue weighted by molar-refractivity contribution is 5.74. The van der Waals surface area contributed by atoms with E-state index in [0.717, 1.165) is 25.8 Å². The molecule has 3 nitrogen and oxygen atoms in total. The molecule has 0 bridgehead atoms. The number of nitrogens with one attached hydrogen (secondary N) is 1. The van der Waals surface area contributed by atoms with Gasteiger partial charge in [0.2, 0.25) is 0 Å². The monoisotopic (exact) mass is 187 g/mol. The molecular weight excluding hydrogens is 164 g/mol. The highest BCUT2D eigenvalue weighted by Crippen LogP contribution is 1.98. The molecule has 0 aliphatic carbocycles. The van der Waals surface area contributed by atoms with Gasteiger partial charge < -0.3 is 0 Å². The van der Waals surface area contributed by atoms with Crippen LogP contribution in [0.4, 0.5) is 0 Å². The summed E-state index contributed by atoms with van der Waals surface area (Å²) < 4.78 is 0.596. The van der Waals surface area contributed by atoms with Crippen molar-refractivity contribution in [2.24, 2.45) is 0 Å². The van der Waals surface area contributed by atoms with Gasteiger partial charge in [-0.25, -0.2) is 10.0 Å². The Bertz CT molecular complexity index is 155. The Hall–Kier alpha value is -0.570. The third-order valence-corrected chi connectivity index (χ3v) is 1.97. The first-order valence-electron chi connectivity index (χ1n) is 5.16. The zero-order chi connectivity index (χ0) is 10.3. The van der Waals surface area contributed by atoms with Crippen LogP contribution in [0.15, 0.2) is 0 Å². The van der Waals surface area contributed by atoms with Crippen molar-refractivity contribution in [3.63, 3.8) is 0 Å². The zero-order valence-electron chi connectivity index (χ0n) is 9.39. The van der Waals surface area contributed by atoms with Gasteiger partial charge in [-0.3, -0.25) is 4.79 Å². The number of hydrogen-bond donors (Lipinski definition) is 1. The molecule has 0 aliphatic heterocycles. The number of nitrogens with zero attached hydrogens (tertiary/aromatic N) is 1. The normalized spacial score (nSPS) is 11.4. The van der Waals surface area contributed by atoms with Crippen molar-refractivity contribution >= 4 is 5.91 Å². The van der Waals surface area contributed by atoms with E-state index in [1.165, 1.54) is 0 Å². The van der Waals surface area contributed by atoms with E-state index in [0.29, 0.717) is 11.0 Å². The van der Waals surface area contributed by atoms with Crippen LogP contribution in [0.3, 0.4) is 0 Å². The first-order valence-corrected chi connectivity index (χ1v) is 5.16. The van der Waals surface area contributed by atoms with Gasteiger partial charge in [-0.05, 0) is 12.8 Å². The van der Waals surface area contributed by atoms with E-state index in [1.807, 2.05) is 14.1 Å². The van der Waals surface area contributed by atoms with Crippen molar-refractivity contribution in [1.82, 2.24) is 5.43 Å². The van der Waals surface area contributed by atoms with Gasteiger partial charge in [0.1, 0.15) is 6.54 Å². The molecule has 0 fully saturated rings. The number of carbonyl (C=O) groups is 1. The summed E-state index contributed by atoms with van der Waals surface area (Å²) in [5, 5.41) is 0. The molecule has 0 aromatic carbocycles. The van der Waals surface area contributed by atoms with Crippen LogP contribution in [-0.4, -0.2) is 31.1 Å². The van der Waals surface area contributed by atoms with Crippen molar-refractivity contribution in [3.8, 4) is 0 Å². The van der Waals surface area contributed by atoms with Crippen LogP contribution >= 0.6 is 0 Å². The minimum Gasteiger partial charge on any atom is -0.270 e. The maximum absolute atomic E-state index is 11.4. The summed E-state index contributed by atoms with van der Waals surface area (Å²) in [7, 11) is 4.04. The predicted octanol–water partition coefficient (Wildman–Crippen LogP) is 1.69. The third kappa shape index (κ3) is 6.58. The lowest BCUT2D eigenvalue weighted by atomic mass is 10.2. The van der Waals surface area contributed by atoms with Crippen LogP contribution in [-0.2, 0) is 4.79 Å². The minimum absolute atomic E-state index is 0.167. The minimum atomic E-state index is 0.167. The van der Waals surface area contributed by atoms with Crippen molar-refractivity contribution in [2.45, 2.75) is 39.5 Å². The van der Waals surface area contributed by atoms with E-state index >= 15 is 0 Å². The topological polar surface area (TPSA) is 29.1 Å². The van der Waals surface area contributed by atoms with E-state index in [-0.39, 0.29) is 5.91 Å². The van der Waals surface area contributed by atoms with Crippen LogP contribution in [0.25, 0.3) is 0 Å². The first-order chi connectivity index (χ1) is 6.02. The van der Waals surface area contributed by atoms with E-state index in [4.69, 9.17) is 0 Å². The van der Waals surface area contributed by atoms with E-state index in [9.17, 15) is 4.79 Å². The lowest BCUT2D eigenvalue weighted by molar-refractivity contribution is -0.925. The Kier molecular flexibility index (Phi) is 5.71. The number of unbranched alkanes of at least 4 members (excludes halogenated alkanes) is 1. The maximum Gasteiger partial charge on any atom is 0.264 e. The summed E-state index contributed by atoms with van der Waals surface area (Å²) in [6.07, 6.45) is 3.80. The fourth-order valence-corrected chi connectivity index (χ4v) is 1.35. The molecule has 0 rings (SSSR count). The maximum atomic E-state index is 11.4. The second-order valence-electron chi connectivity index (χ2n) is 4.05. The van der Waals surface area contributed by atoms with Crippen LogP contribution in [0, 0.1) is 0 Å². The van der Waals surface area contributed by atoms with Gasteiger partial charge in [-0.1, -0.05) is 20.3 Å². The molecule has 0 heterocycles. The summed E-state index contributed by atoms with van der Waals surface area (Å²) in [5.41, 5.74) is 2.99. The van der Waals surface area contributed by atoms with Crippen LogP contribution in [0.2, 0.25) is 0 Å². The van der Waals surface area contributed by atoms with E-state index in [1.54, 1.807) is 0 Å². The standard InChI is InChI=1S/C10H22N2O/c1-5-7-8-10(13)11-12(3,4)9-6-2/h5-9H2,1-4H3/p+1. The number of quaternary nitrogens is 1. The van der Waals surface area contributed by atoms with E-state index in [2.05, 4.69) is 19.3 Å². The van der Waals surface area contributed by atoms with Crippen molar-refractivity contribution < 1.29 is 9.39 Å². The highest BCUT2D eigenvalue weighted by Gasteiger charge is 2.16. The van der Waals surface area contributed by atoms with Crippen molar-refractivity contribution in [3.05, 3.63) is 0 Å². The molecule has 1 amide bonds. The summed E-state index contributed by atoms with van der Waals surface area (Å²) in [6, 6.07) is 0. The lowest BCUT2D eigenvalue weighted by Crippen LogP contribution is -2.54. The summed E-state index contributed by atoms with van der Waals surface area (Å²) >= 11 is 0. The summed E-state index contributed by atoms with van der Waals surface area (Å²) in [5.74, 6) is 0.167. The second-order valence-corrected chi connectivity index (χ2v) is 4.05. The lowest BCUT2D eigenvalue weighted by Gasteiger charge is -2.28. The average Bonchev–Trinajstić information content (AvgIpc) is 1.99. The van der Waals surface area contributed by atoms with Gasteiger partial charge >= 0.3 is 0 Å². The summed E-state index contributed by atoms with van der Waals surface area (Å²) in [6.45, 7) is 5.20. The molecule has 0 unspecified atom stereocenters. The molecule has 13 heavy (non-hydrogen) atoms. The molecule has 78 valence electrons. The van der Waals surface area contributed by atoms with Gasteiger partial charge in [-0.2, -0.15) is 0 Å². The Morgan fingerprint density at radius 3 is 2.31 bits per heavy atom. The fraction of sp³-hybridized carbons (Fsp3) is 0.900. The van der Waals surface area contributed by atoms with Gasteiger partial charge in [0, 0.05) is 6.42 Å². The van der Waals surface area contributed by atoms with Gasteiger partial charge in [0.25, 0.3) is 5.91 Å². The number of carbonyl (C=O) groups excluding carboxylic acids is 1. The first kappa shape index (κ1) is 12.4. The van der Waals surface area contributed by atoms with Crippen LogP contribution in [0.5, 0.6) is 0 Å². The molecule has 0 saturated heterocycles. The number of amides is 1. The molecule has 0 aliphatic rings. The number of hydrogen-bond acceptors (Lipinski definition) is 1. The molecule has 0 saturated carbocycles. The van der Waals surface area contributed by atoms with Crippen LogP contribution < -0.4 is 5.43 Å². The molecule has 0 aromatic rings. The fourth-order valence-electron chi connectivity index (χ4n) is 1.35. The molecule has 1 N–H and O–H groups in total.